The number of halogens is 1. The maximum atomic E-state index is 13.2. The van der Waals surface area contributed by atoms with Crippen molar-refractivity contribution in [1.82, 2.24) is 4.98 Å². The van der Waals surface area contributed by atoms with Gasteiger partial charge in [0.05, 0.1) is 10.2 Å². The van der Waals surface area contributed by atoms with Gasteiger partial charge in [-0.15, -0.1) is 0 Å². The van der Waals surface area contributed by atoms with Crippen LogP contribution in [0.2, 0.25) is 0 Å². The Balaban J connectivity index is 1.91. The lowest BCUT2D eigenvalue weighted by Gasteiger charge is -2.36. The van der Waals surface area contributed by atoms with E-state index in [9.17, 15) is 9.59 Å². The molecule has 0 saturated carbocycles. The molecule has 7 nitrogen and oxygen atoms in total. The first kappa shape index (κ1) is 24.1. The van der Waals surface area contributed by atoms with Gasteiger partial charge in [-0.05, 0) is 58.8 Å². The minimum Gasteiger partial charge on any atom is -0.490 e. The predicted octanol–water partition coefficient (Wildman–Crippen LogP) is 5.32. The Morgan fingerprint density at radius 3 is 2.56 bits per heavy atom. The minimum absolute atomic E-state index is 0.317. The van der Waals surface area contributed by atoms with Crippen LogP contribution in [-0.2, 0) is 19.1 Å². The third kappa shape index (κ3) is 4.64. The highest BCUT2D eigenvalue weighted by molar-refractivity contribution is 14.1. The van der Waals surface area contributed by atoms with E-state index in [2.05, 4.69) is 34.2 Å². The van der Waals surface area contributed by atoms with Crippen molar-refractivity contribution in [3.8, 4) is 11.5 Å². The number of aromatic amines is 1. The normalized spacial score (nSPS) is 16.6. The van der Waals surface area contributed by atoms with Crippen molar-refractivity contribution in [2.75, 3.05) is 13.2 Å². The number of aromatic nitrogens is 1. The number of carbonyl (C=O) groups excluding carboxylic acids is 2. The largest absolute Gasteiger partial charge is 0.490 e. The summed E-state index contributed by atoms with van der Waals surface area (Å²) in [5, 5.41) is 0.901. The van der Waals surface area contributed by atoms with Crippen LogP contribution in [0.15, 0.2) is 55.3 Å². The number of esters is 2. The molecule has 0 aliphatic carbocycles. The first-order valence-electron chi connectivity index (χ1n) is 11.0. The third-order valence-corrected chi connectivity index (χ3v) is 6.33. The van der Waals surface area contributed by atoms with Gasteiger partial charge in [0.25, 0.3) is 5.79 Å². The molecule has 4 rings (SSSR count). The Hall–Kier alpha value is -3.01. The van der Waals surface area contributed by atoms with Gasteiger partial charge in [0.15, 0.2) is 17.4 Å². The fourth-order valence-corrected chi connectivity index (χ4v) is 5.00. The molecule has 2 aromatic carbocycles. The Bertz CT molecular complexity index is 1230. The molecule has 8 heteroatoms. The van der Waals surface area contributed by atoms with Gasteiger partial charge in [-0.2, -0.15) is 0 Å². The Morgan fingerprint density at radius 2 is 1.88 bits per heavy atom. The van der Waals surface area contributed by atoms with Crippen LogP contribution in [0.25, 0.3) is 10.9 Å². The Kier molecular flexibility index (Phi) is 6.88. The first-order chi connectivity index (χ1) is 16.3. The number of benzene rings is 2. The molecule has 1 atom stereocenters. The predicted molar refractivity (Wildman–Crippen MR) is 136 cm³/mol. The lowest BCUT2D eigenvalue weighted by atomic mass is 9.80. The van der Waals surface area contributed by atoms with Crippen molar-refractivity contribution in [1.29, 1.82) is 0 Å². The summed E-state index contributed by atoms with van der Waals surface area (Å²) >= 11 is 2.17. The molecule has 1 N–H and O–H groups in total. The minimum atomic E-state index is -1.32. The van der Waals surface area contributed by atoms with E-state index in [1.54, 1.807) is 19.9 Å². The second-order valence-electron chi connectivity index (χ2n) is 8.35. The van der Waals surface area contributed by atoms with E-state index >= 15 is 0 Å². The smallest absolute Gasteiger partial charge is 0.324 e. The summed E-state index contributed by atoms with van der Waals surface area (Å²) in [4.78, 5) is 29.6. The van der Waals surface area contributed by atoms with Gasteiger partial charge in [0.2, 0.25) is 0 Å². The number of ether oxygens (including phenoxy) is 4. The molecule has 1 aromatic heterocycles. The van der Waals surface area contributed by atoms with E-state index in [4.69, 9.17) is 18.9 Å². The zero-order chi connectivity index (χ0) is 24.5. The second-order valence-corrected chi connectivity index (χ2v) is 9.51. The maximum Gasteiger partial charge on any atom is 0.324 e. The van der Waals surface area contributed by atoms with Crippen LogP contribution in [0, 0.1) is 9.49 Å². The molecule has 2 heterocycles. The molecule has 0 unspecified atom stereocenters. The van der Waals surface area contributed by atoms with Gasteiger partial charge >= 0.3 is 11.9 Å². The molecule has 0 amide bonds. The van der Waals surface area contributed by atoms with Crippen LogP contribution in [0.1, 0.15) is 37.8 Å². The summed E-state index contributed by atoms with van der Waals surface area (Å²) in [6.45, 7) is 9.41. The van der Waals surface area contributed by atoms with Crippen LogP contribution in [0.3, 0.4) is 0 Å². The molecular formula is C26H26INO6. The van der Waals surface area contributed by atoms with E-state index in [0.717, 1.165) is 20.0 Å². The quantitative estimate of drug-likeness (QED) is 0.169. The van der Waals surface area contributed by atoms with Crippen molar-refractivity contribution in [2.45, 2.75) is 32.5 Å². The molecule has 1 fully saturated rings. The molecule has 0 spiro atoms. The average molecular weight is 575 g/mol. The van der Waals surface area contributed by atoms with Crippen molar-refractivity contribution in [2.24, 2.45) is 5.92 Å². The summed E-state index contributed by atoms with van der Waals surface area (Å²) in [6, 6.07) is 11.4. The molecule has 3 aromatic rings. The highest BCUT2D eigenvalue weighted by Crippen LogP contribution is 2.44. The molecule has 1 saturated heterocycles. The van der Waals surface area contributed by atoms with Crippen LogP contribution >= 0.6 is 22.6 Å². The van der Waals surface area contributed by atoms with Gasteiger partial charge in [-0.25, -0.2) is 0 Å². The Morgan fingerprint density at radius 1 is 1.18 bits per heavy atom. The average Bonchev–Trinajstić information content (AvgIpc) is 3.19. The van der Waals surface area contributed by atoms with Gasteiger partial charge in [-0.1, -0.05) is 30.9 Å². The summed E-state index contributed by atoms with van der Waals surface area (Å²) in [7, 11) is 0. The van der Waals surface area contributed by atoms with Crippen LogP contribution in [0.4, 0.5) is 0 Å². The number of para-hydroxylation sites is 1. The topological polar surface area (TPSA) is 86.9 Å². The van der Waals surface area contributed by atoms with Crippen molar-refractivity contribution in [3.63, 3.8) is 0 Å². The standard InChI is InChI=1S/C26H26INO6/c1-5-11-32-23-18(27)12-15(13-20(23)31-6-2)21(17-14-28-19-10-8-7-9-16(17)19)22-24(29)33-26(3,4)34-25(22)30/h5,7-10,12-14,21-22,28H,1,6,11H2,2-4H3/t21-/m1/s1. The number of cyclic esters (lactones) is 2. The van der Waals surface area contributed by atoms with Crippen molar-refractivity contribution in [3.05, 3.63) is 69.9 Å². The van der Waals surface area contributed by atoms with Gasteiger partial charge < -0.3 is 23.9 Å². The van der Waals surface area contributed by atoms with E-state index in [0.29, 0.717) is 30.3 Å². The van der Waals surface area contributed by atoms with Crippen molar-refractivity contribution < 1.29 is 28.5 Å². The fourth-order valence-electron chi connectivity index (χ4n) is 4.22. The number of nitrogens with one attached hydrogen (secondary N) is 1. The van der Waals surface area contributed by atoms with Crippen LogP contribution < -0.4 is 9.47 Å². The number of hydrogen-bond donors (Lipinski definition) is 1. The van der Waals surface area contributed by atoms with Crippen LogP contribution in [-0.4, -0.2) is 35.9 Å². The highest BCUT2D eigenvalue weighted by Gasteiger charge is 2.49. The molecule has 178 valence electrons. The molecule has 1 aliphatic heterocycles. The zero-order valence-electron chi connectivity index (χ0n) is 19.2. The lowest BCUT2D eigenvalue weighted by molar-refractivity contribution is -0.240. The number of fused-ring (bicyclic) bond motifs is 1. The maximum absolute atomic E-state index is 13.2. The van der Waals surface area contributed by atoms with E-state index < -0.39 is 29.6 Å². The molecule has 34 heavy (non-hydrogen) atoms. The van der Waals surface area contributed by atoms with Gasteiger partial charge in [0, 0.05) is 36.9 Å². The molecule has 0 bridgehead atoms. The number of carbonyl (C=O) groups is 2. The van der Waals surface area contributed by atoms with E-state index in [1.807, 2.05) is 49.5 Å². The monoisotopic (exact) mass is 575 g/mol. The highest BCUT2D eigenvalue weighted by atomic mass is 127. The van der Waals surface area contributed by atoms with Gasteiger partial charge in [0.1, 0.15) is 6.61 Å². The molecule has 1 aliphatic rings. The molecular weight excluding hydrogens is 549 g/mol. The molecule has 0 radical (unpaired) electrons. The summed E-state index contributed by atoms with van der Waals surface area (Å²) in [5.41, 5.74) is 2.39. The summed E-state index contributed by atoms with van der Waals surface area (Å²) in [6.07, 6.45) is 3.48. The van der Waals surface area contributed by atoms with E-state index in [1.165, 1.54) is 0 Å². The van der Waals surface area contributed by atoms with Crippen LogP contribution in [0.5, 0.6) is 11.5 Å². The SMILES string of the molecule is C=CCOc1c(I)cc([C@H](c2c[nH]c3ccccc23)C2C(=O)OC(C)(C)OC2=O)cc1OCC. The zero-order valence-corrected chi connectivity index (χ0v) is 21.4. The first-order valence-corrected chi connectivity index (χ1v) is 12.0. The fraction of sp³-hybridized carbons (Fsp3) is 0.308. The number of hydrogen-bond acceptors (Lipinski definition) is 6. The number of H-pyrrole nitrogens is 1. The summed E-state index contributed by atoms with van der Waals surface area (Å²) < 4.78 is 23.5. The Labute approximate surface area is 211 Å². The third-order valence-electron chi connectivity index (χ3n) is 5.53. The lowest BCUT2D eigenvalue weighted by Crippen LogP contribution is -2.48. The number of rotatable bonds is 8. The van der Waals surface area contributed by atoms with Gasteiger partial charge in [-0.3, -0.25) is 9.59 Å². The van der Waals surface area contributed by atoms with E-state index in [-0.39, 0.29) is 0 Å². The summed E-state index contributed by atoms with van der Waals surface area (Å²) in [5.74, 6) is -3.32. The van der Waals surface area contributed by atoms with Crippen molar-refractivity contribution >= 4 is 45.4 Å². The second kappa shape index (κ2) is 9.69.